The van der Waals surface area contributed by atoms with E-state index in [1.807, 2.05) is 19.0 Å². The van der Waals surface area contributed by atoms with Crippen molar-refractivity contribution in [1.29, 1.82) is 0 Å². The first-order valence-electron chi connectivity index (χ1n) is 11.5. The van der Waals surface area contributed by atoms with Crippen molar-refractivity contribution in [3.8, 4) is 0 Å². The highest BCUT2D eigenvalue weighted by molar-refractivity contribution is 5.82. The molecule has 168 valence electrons. The highest BCUT2D eigenvalue weighted by atomic mass is 16.5. The van der Waals surface area contributed by atoms with Gasteiger partial charge in [0.05, 0.1) is 5.41 Å². The molecule has 4 unspecified atom stereocenters. The van der Waals surface area contributed by atoms with E-state index >= 15 is 0 Å². The molecule has 5 nitrogen and oxygen atoms in total. The summed E-state index contributed by atoms with van der Waals surface area (Å²) in [5.41, 5.74) is -0.377. The lowest BCUT2D eigenvalue weighted by molar-refractivity contribution is -0.153. The quantitative estimate of drug-likeness (QED) is 0.481. The van der Waals surface area contributed by atoms with Gasteiger partial charge in [-0.1, -0.05) is 41.5 Å². The molecule has 29 heavy (non-hydrogen) atoms. The molecular formula is C24H44N2O3. The third-order valence-corrected chi connectivity index (χ3v) is 7.47. The number of nitrogens with zero attached hydrogens (tertiary/aromatic N) is 2. The standard InChI is InChI=1S/C24H44N2O3/c1-17(2)14-20(26-11-9-10-21(26)27)19(4)18(3)15-24(16-23(24,5)6)22(28)29-13-12-25(7)8/h17-20H,9-16H2,1-8H3. The fourth-order valence-electron chi connectivity index (χ4n) is 5.19. The van der Waals surface area contributed by atoms with Crippen LogP contribution in [0, 0.1) is 28.6 Å². The van der Waals surface area contributed by atoms with Crippen LogP contribution in [0.1, 0.15) is 73.6 Å². The molecule has 0 spiro atoms. The highest BCUT2D eigenvalue weighted by Crippen LogP contribution is 2.67. The molecule has 0 N–H and O–H groups in total. The summed E-state index contributed by atoms with van der Waals surface area (Å²) in [7, 11) is 3.98. The molecule has 1 saturated heterocycles. The van der Waals surface area contributed by atoms with Crippen LogP contribution in [0.5, 0.6) is 0 Å². The molecule has 4 atom stereocenters. The number of hydrogen-bond donors (Lipinski definition) is 0. The molecule has 0 bridgehead atoms. The minimum Gasteiger partial charge on any atom is -0.464 e. The maximum absolute atomic E-state index is 13.0. The van der Waals surface area contributed by atoms with Gasteiger partial charge >= 0.3 is 5.97 Å². The molecule has 0 aromatic heterocycles. The van der Waals surface area contributed by atoms with Gasteiger partial charge in [-0.3, -0.25) is 9.59 Å². The van der Waals surface area contributed by atoms with Crippen molar-refractivity contribution in [2.45, 2.75) is 79.7 Å². The van der Waals surface area contributed by atoms with Crippen LogP contribution in [0.4, 0.5) is 0 Å². The SMILES string of the molecule is CC(C)CC(C(C)C(C)CC1(C(=O)OCCN(C)C)CC1(C)C)N1CCCC1=O. The molecule has 2 aliphatic rings. The molecule has 0 aromatic carbocycles. The fraction of sp³-hybridized carbons (Fsp3) is 0.917. The zero-order chi connectivity index (χ0) is 22.0. The number of carbonyl (C=O) groups excluding carboxylic acids is 2. The summed E-state index contributed by atoms with van der Waals surface area (Å²) in [5.74, 6) is 1.54. The summed E-state index contributed by atoms with van der Waals surface area (Å²) in [6, 6.07) is 0.267. The van der Waals surface area contributed by atoms with Crippen molar-refractivity contribution in [1.82, 2.24) is 9.80 Å². The Bertz CT molecular complexity index is 587. The van der Waals surface area contributed by atoms with Crippen LogP contribution in [0.25, 0.3) is 0 Å². The molecule has 1 heterocycles. The van der Waals surface area contributed by atoms with Crippen molar-refractivity contribution < 1.29 is 14.3 Å². The maximum atomic E-state index is 13.0. The van der Waals surface area contributed by atoms with Crippen molar-refractivity contribution in [3.63, 3.8) is 0 Å². The number of likely N-dealkylation sites (N-methyl/N-ethyl adjacent to an activating group) is 1. The molecular weight excluding hydrogens is 364 g/mol. The van der Waals surface area contributed by atoms with Gasteiger partial charge in [-0.05, 0) is 62.9 Å². The monoisotopic (exact) mass is 408 g/mol. The third-order valence-electron chi connectivity index (χ3n) is 7.47. The fourth-order valence-corrected chi connectivity index (χ4v) is 5.19. The summed E-state index contributed by atoms with van der Waals surface area (Å²) < 4.78 is 5.69. The average Bonchev–Trinajstić information content (AvgIpc) is 2.93. The van der Waals surface area contributed by atoms with E-state index in [1.54, 1.807) is 0 Å². The summed E-state index contributed by atoms with van der Waals surface area (Å²) in [6.45, 7) is 15.5. The van der Waals surface area contributed by atoms with Crippen LogP contribution >= 0.6 is 0 Å². The smallest absolute Gasteiger partial charge is 0.312 e. The van der Waals surface area contributed by atoms with E-state index in [4.69, 9.17) is 4.74 Å². The van der Waals surface area contributed by atoms with Gasteiger partial charge in [0.15, 0.2) is 0 Å². The number of likely N-dealkylation sites (tertiary alicyclic amines) is 1. The van der Waals surface area contributed by atoms with E-state index in [1.165, 1.54) is 0 Å². The number of amides is 1. The Labute approximate surface area is 178 Å². The number of ether oxygens (including phenoxy) is 1. The topological polar surface area (TPSA) is 49.9 Å². The molecule has 1 saturated carbocycles. The van der Waals surface area contributed by atoms with Crippen LogP contribution in [-0.4, -0.2) is 61.5 Å². The summed E-state index contributed by atoms with van der Waals surface area (Å²) in [4.78, 5) is 29.6. The minimum atomic E-state index is -0.371. The predicted molar refractivity (Wildman–Crippen MR) is 117 cm³/mol. The summed E-state index contributed by atoms with van der Waals surface area (Å²) in [6.07, 6.45) is 4.43. The Hall–Kier alpha value is -1.10. The summed E-state index contributed by atoms with van der Waals surface area (Å²) >= 11 is 0. The predicted octanol–water partition coefficient (Wildman–Crippen LogP) is 4.21. The molecule has 0 aromatic rings. The van der Waals surface area contributed by atoms with Crippen molar-refractivity contribution in [2.24, 2.45) is 28.6 Å². The number of rotatable bonds is 11. The van der Waals surface area contributed by atoms with Crippen LogP contribution < -0.4 is 0 Å². The Morgan fingerprint density at radius 2 is 1.83 bits per heavy atom. The zero-order valence-corrected chi connectivity index (χ0v) is 20.1. The molecule has 0 radical (unpaired) electrons. The molecule has 2 fully saturated rings. The van der Waals surface area contributed by atoms with Crippen molar-refractivity contribution >= 4 is 11.9 Å². The van der Waals surface area contributed by atoms with Gasteiger partial charge in [-0.15, -0.1) is 0 Å². The van der Waals surface area contributed by atoms with Crippen molar-refractivity contribution in [3.05, 3.63) is 0 Å². The first-order valence-corrected chi connectivity index (χ1v) is 11.5. The lowest BCUT2D eigenvalue weighted by atomic mass is 9.76. The Morgan fingerprint density at radius 3 is 2.28 bits per heavy atom. The first-order chi connectivity index (χ1) is 13.4. The van der Waals surface area contributed by atoms with E-state index in [0.717, 1.165) is 38.8 Å². The van der Waals surface area contributed by atoms with E-state index in [0.29, 0.717) is 36.7 Å². The van der Waals surface area contributed by atoms with Crippen molar-refractivity contribution in [2.75, 3.05) is 33.8 Å². The molecule has 1 aliphatic carbocycles. The molecule has 1 aliphatic heterocycles. The van der Waals surface area contributed by atoms with Gasteiger partial charge < -0.3 is 14.5 Å². The van der Waals surface area contributed by atoms with E-state index in [9.17, 15) is 9.59 Å². The molecule has 2 rings (SSSR count). The molecule has 5 heteroatoms. The second-order valence-corrected chi connectivity index (χ2v) is 11.0. The van der Waals surface area contributed by atoms with Crippen LogP contribution in [0.15, 0.2) is 0 Å². The summed E-state index contributed by atoms with van der Waals surface area (Å²) in [5, 5.41) is 0. The second kappa shape index (κ2) is 9.36. The van der Waals surface area contributed by atoms with E-state index < -0.39 is 0 Å². The van der Waals surface area contributed by atoms with Gasteiger partial charge in [-0.2, -0.15) is 0 Å². The van der Waals surface area contributed by atoms with Crippen LogP contribution in [0.2, 0.25) is 0 Å². The average molecular weight is 409 g/mol. The number of esters is 1. The second-order valence-electron chi connectivity index (χ2n) is 11.0. The maximum Gasteiger partial charge on any atom is 0.312 e. The van der Waals surface area contributed by atoms with Gasteiger partial charge in [0.25, 0.3) is 0 Å². The Kier molecular flexibility index (Phi) is 7.80. The third kappa shape index (κ3) is 5.53. The lowest BCUT2D eigenvalue weighted by Crippen LogP contribution is -2.44. The number of hydrogen-bond acceptors (Lipinski definition) is 4. The first kappa shape index (κ1) is 24.2. The molecule has 1 amide bonds. The van der Waals surface area contributed by atoms with Gasteiger partial charge in [0, 0.05) is 25.6 Å². The zero-order valence-electron chi connectivity index (χ0n) is 20.1. The van der Waals surface area contributed by atoms with Crippen LogP contribution in [-0.2, 0) is 14.3 Å². The van der Waals surface area contributed by atoms with E-state index in [-0.39, 0.29) is 22.8 Å². The van der Waals surface area contributed by atoms with Crippen LogP contribution in [0.3, 0.4) is 0 Å². The largest absolute Gasteiger partial charge is 0.464 e. The minimum absolute atomic E-state index is 0.00676. The van der Waals surface area contributed by atoms with E-state index in [2.05, 4.69) is 46.4 Å². The van der Waals surface area contributed by atoms with Gasteiger partial charge in [0.2, 0.25) is 5.91 Å². The van der Waals surface area contributed by atoms with Gasteiger partial charge in [0.1, 0.15) is 6.61 Å². The Balaban J connectivity index is 2.08. The Morgan fingerprint density at radius 1 is 1.21 bits per heavy atom. The lowest BCUT2D eigenvalue weighted by Gasteiger charge is -2.38. The highest BCUT2D eigenvalue weighted by Gasteiger charge is 2.67. The normalized spacial score (nSPS) is 26.7. The van der Waals surface area contributed by atoms with Gasteiger partial charge in [-0.25, -0.2) is 0 Å². The number of carbonyl (C=O) groups is 2.